The van der Waals surface area contributed by atoms with E-state index in [0.717, 1.165) is 5.52 Å². The van der Waals surface area contributed by atoms with Gasteiger partial charge in [0.25, 0.3) is 0 Å². The first-order valence-electron chi connectivity index (χ1n) is 6.76. The normalized spacial score (nSPS) is 12.8. The summed E-state index contributed by atoms with van der Waals surface area (Å²) in [6.07, 6.45) is 1.98. The molecule has 0 saturated carbocycles. The summed E-state index contributed by atoms with van der Waals surface area (Å²) in [5, 5.41) is 5.49. The molecule has 20 heavy (non-hydrogen) atoms. The molecule has 3 heteroatoms. The second kappa shape index (κ2) is 5.35. The van der Waals surface area contributed by atoms with Crippen LogP contribution in [-0.2, 0) is 0 Å². The molecule has 0 aliphatic rings. The first-order valence-corrected chi connectivity index (χ1v) is 7.64. The lowest BCUT2D eigenvalue weighted by Crippen LogP contribution is -2.18. The van der Waals surface area contributed by atoms with E-state index in [4.69, 9.17) is 0 Å². The van der Waals surface area contributed by atoms with Crippen molar-refractivity contribution >= 4 is 21.6 Å². The Kier molecular flexibility index (Phi) is 3.55. The van der Waals surface area contributed by atoms with Crippen molar-refractivity contribution in [1.29, 1.82) is 0 Å². The van der Waals surface area contributed by atoms with Crippen LogP contribution in [0.1, 0.15) is 28.3 Å². The number of thiophene rings is 1. The van der Waals surface area contributed by atoms with Crippen LogP contribution in [0.25, 0.3) is 10.2 Å². The fourth-order valence-electron chi connectivity index (χ4n) is 2.49. The second-order valence-electron chi connectivity index (χ2n) is 5.14. The summed E-state index contributed by atoms with van der Waals surface area (Å²) in [6, 6.07) is 11.1. The van der Waals surface area contributed by atoms with E-state index >= 15 is 0 Å². The average Bonchev–Trinajstić information content (AvgIpc) is 2.91. The Morgan fingerprint density at radius 3 is 2.65 bits per heavy atom. The van der Waals surface area contributed by atoms with Crippen molar-refractivity contribution in [3.8, 4) is 0 Å². The van der Waals surface area contributed by atoms with Gasteiger partial charge in [0.2, 0.25) is 0 Å². The van der Waals surface area contributed by atoms with Gasteiger partial charge in [-0.2, -0.15) is 0 Å². The number of nitrogens with one attached hydrogen (secondary N) is 1. The van der Waals surface area contributed by atoms with Gasteiger partial charge in [0.15, 0.2) is 0 Å². The Morgan fingerprint density at radius 2 is 1.90 bits per heavy atom. The molecule has 0 aliphatic heterocycles. The second-order valence-corrected chi connectivity index (χ2v) is 6.09. The molecule has 3 rings (SSSR count). The van der Waals surface area contributed by atoms with Gasteiger partial charge in [-0.05, 0) is 60.7 Å². The van der Waals surface area contributed by atoms with Gasteiger partial charge in [-0.25, -0.2) is 0 Å². The van der Waals surface area contributed by atoms with E-state index in [2.05, 4.69) is 59.9 Å². The van der Waals surface area contributed by atoms with Gasteiger partial charge >= 0.3 is 0 Å². The van der Waals surface area contributed by atoms with Crippen molar-refractivity contribution in [2.75, 3.05) is 7.05 Å². The Morgan fingerprint density at radius 1 is 1.05 bits per heavy atom. The fraction of sp³-hybridized carbons (Fsp3) is 0.235. The Balaban J connectivity index is 2.05. The number of nitrogens with zero attached hydrogens (tertiary/aromatic N) is 1. The van der Waals surface area contributed by atoms with Crippen LogP contribution in [0.5, 0.6) is 0 Å². The van der Waals surface area contributed by atoms with Crippen molar-refractivity contribution in [3.05, 3.63) is 64.2 Å². The highest BCUT2D eigenvalue weighted by atomic mass is 32.1. The highest BCUT2D eigenvalue weighted by Gasteiger charge is 2.14. The number of pyridine rings is 1. The molecule has 2 aromatic heterocycles. The lowest BCUT2D eigenvalue weighted by Gasteiger charge is -2.18. The summed E-state index contributed by atoms with van der Waals surface area (Å²) in [6.45, 7) is 4.30. The van der Waals surface area contributed by atoms with E-state index in [-0.39, 0.29) is 6.04 Å². The minimum atomic E-state index is 0.188. The number of aromatic nitrogens is 1. The van der Waals surface area contributed by atoms with E-state index in [1.165, 1.54) is 27.0 Å². The molecular weight excluding hydrogens is 264 g/mol. The first kappa shape index (κ1) is 13.3. The molecule has 0 amide bonds. The minimum Gasteiger partial charge on any atom is -0.309 e. The van der Waals surface area contributed by atoms with Crippen LogP contribution >= 0.6 is 11.3 Å². The van der Waals surface area contributed by atoms with Gasteiger partial charge < -0.3 is 5.32 Å². The lowest BCUT2D eigenvalue weighted by atomic mass is 9.97. The molecule has 0 aliphatic carbocycles. The zero-order valence-corrected chi connectivity index (χ0v) is 12.8. The topological polar surface area (TPSA) is 24.9 Å². The van der Waals surface area contributed by atoms with Crippen molar-refractivity contribution in [2.45, 2.75) is 19.9 Å². The van der Waals surface area contributed by atoms with E-state index in [1.54, 1.807) is 11.3 Å². The van der Waals surface area contributed by atoms with Crippen molar-refractivity contribution in [3.63, 3.8) is 0 Å². The van der Waals surface area contributed by atoms with Crippen molar-refractivity contribution < 1.29 is 0 Å². The molecule has 0 radical (unpaired) electrons. The van der Waals surface area contributed by atoms with E-state index in [0.29, 0.717) is 0 Å². The van der Waals surface area contributed by atoms with Crippen molar-refractivity contribution in [1.82, 2.24) is 10.3 Å². The maximum atomic E-state index is 4.55. The number of rotatable bonds is 3. The molecule has 102 valence electrons. The first-order chi connectivity index (χ1) is 9.69. The zero-order valence-electron chi connectivity index (χ0n) is 12.0. The third-order valence-corrected chi connectivity index (χ3v) is 4.66. The Bertz CT molecular complexity index is 746. The highest BCUT2D eigenvalue weighted by Crippen LogP contribution is 2.27. The largest absolute Gasteiger partial charge is 0.309 e. The summed E-state index contributed by atoms with van der Waals surface area (Å²) in [5.74, 6) is 0. The maximum absolute atomic E-state index is 4.55. The molecular formula is C17H18N2S. The predicted octanol–water partition coefficient (Wildman–Crippen LogP) is 4.22. The van der Waals surface area contributed by atoms with E-state index in [9.17, 15) is 0 Å². The Labute approximate surface area is 123 Å². The molecule has 0 bridgehead atoms. The molecule has 1 aromatic carbocycles. The standard InChI is InChI=1S/C17H18N2S/c1-11-4-5-13(8-12(11)2)17(18-3)14-9-16-15(19-10-14)6-7-20-16/h4-10,17-18H,1-3H3. The fourth-order valence-corrected chi connectivity index (χ4v) is 3.28. The lowest BCUT2D eigenvalue weighted by molar-refractivity contribution is 0.689. The van der Waals surface area contributed by atoms with Gasteiger partial charge in [-0.15, -0.1) is 11.3 Å². The quantitative estimate of drug-likeness (QED) is 0.778. The monoisotopic (exact) mass is 282 g/mol. The number of benzene rings is 1. The average molecular weight is 282 g/mol. The summed E-state index contributed by atoms with van der Waals surface area (Å²) < 4.78 is 1.24. The molecule has 1 N–H and O–H groups in total. The van der Waals surface area contributed by atoms with Crippen LogP contribution in [0.3, 0.4) is 0 Å². The van der Waals surface area contributed by atoms with Crippen LogP contribution in [0.2, 0.25) is 0 Å². The summed E-state index contributed by atoms with van der Waals surface area (Å²) >= 11 is 1.74. The summed E-state index contributed by atoms with van der Waals surface area (Å²) in [4.78, 5) is 4.55. The summed E-state index contributed by atoms with van der Waals surface area (Å²) in [7, 11) is 2.00. The van der Waals surface area contributed by atoms with Crippen LogP contribution < -0.4 is 5.32 Å². The molecule has 3 aromatic rings. The zero-order chi connectivity index (χ0) is 14.1. The molecule has 2 heterocycles. The smallest absolute Gasteiger partial charge is 0.0809 e. The highest BCUT2D eigenvalue weighted by molar-refractivity contribution is 7.17. The van der Waals surface area contributed by atoms with Gasteiger partial charge in [-0.1, -0.05) is 18.2 Å². The Hall–Kier alpha value is -1.71. The third-order valence-electron chi connectivity index (χ3n) is 3.81. The van der Waals surface area contributed by atoms with Crippen LogP contribution in [0, 0.1) is 13.8 Å². The van der Waals surface area contributed by atoms with Crippen LogP contribution in [0.4, 0.5) is 0 Å². The molecule has 1 atom stereocenters. The predicted molar refractivity (Wildman–Crippen MR) is 86.4 cm³/mol. The van der Waals surface area contributed by atoms with Crippen LogP contribution in [0.15, 0.2) is 41.9 Å². The molecule has 1 unspecified atom stereocenters. The third kappa shape index (κ3) is 2.35. The minimum absolute atomic E-state index is 0.188. The number of hydrogen-bond donors (Lipinski definition) is 1. The molecule has 2 nitrogen and oxygen atoms in total. The van der Waals surface area contributed by atoms with Gasteiger partial charge in [0.1, 0.15) is 0 Å². The van der Waals surface area contributed by atoms with E-state index < -0.39 is 0 Å². The van der Waals surface area contributed by atoms with Gasteiger partial charge in [0, 0.05) is 6.20 Å². The molecule has 0 saturated heterocycles. The van der Waals surface area contributed by atoms with Crippen molar-refractivity contribution in [2.24, 2.45) is 0 Å². The summed E-state index contributed by atoms with van der Waals surface area (Å²) in [5.41, 5.74) is 6.23. The maximum Gasteiger partial charge on any atom is 0.0809 e. The van der Waals surface area contributed by atoms with Gasteiger partial charge in [-0.3, -0.25) is 4.98 Å². The SMILES string of the molecule is CNC(c1ccc(C)c(C)c1)c1cnc2ccsc2c1. The number of fused-ring (bicyclic) bond motifs is 1. The number of aryl methyl sites for hydroxylation is 2. The van der Waals surface area contributed by atoms with E-state index in [1.807, 2.05) is 13.2 Å². The molecule has 0 fully saturated rings. The molecule has 0 spiro atoms. The van der Waals surface area contributed by atoms with Gasteiger partial charge in [0.05, 0.1) is 16.3 Å². The van der Waals surface area contributed by atoms with Crippen LogP contribution in [-0.4, -0.2) is 12.0 Å². The number of hydrogen-bond acceptors (Lipinski definition) is 3.